The van der Waals surface area contributed by atoms with E-state index in [-0.39, 0.29) is 0 Å². The highest BCUT2D eigenvalue weighted by molar-refractivity contribution is 7.91. The van der Waals surface area contributed by atoms with Crippen LogP contribution in [0.25, 0.3) is 0 Å². The van der Waals surface area contributed by atoms with Crippen LogP contribution in [-0.2, 0) is 14.6 Å². The van der Waals surface area contributed by atoms with E-state index in [0.29, 0.717) is 6.92 Å². The zero-order chi connectivity index (χ0) is 14.4. The van der Waals surface area contributed by atoms with Crippen molar-refractivity contribution < 1.29 is 36.6 Å². The SMILES string of the molecule is CC(NC1CS(=O)(=O)CC1O)(C(=O)O)C(F)(F)F. The maximum atomic E-state index is 12.7. The largest absolute Gasteiger partial charge is 0.480 e. The predicted octanol–water partition coefficient (Wildman–Crippen LogP) is -0.860. The standard InChI is InChI=1S/C8H12F3NO5S/c1-7(6(14)15,8(9,10)11)12-4-2-18(16,17)3-5(4)13/h4-5,12-13H,2-3H2,1H3,(H,14,15). The van der Waals surface area contributed by atoms with Crippen molar-refractivity contribution in [2.45, 2.75) is 30.8 Å². The highest BCUT2D eigenvalue weighted by atomic mass is 32.2. The summed E-state index contributed by atoms with van der Waals surface area (Å²) in [7, 11) is -3.66. The minimum atomic E-state index is -5.12. The first-order valence-corrected chi connectivity index (χ1v) is 6.67. The summed E-state index contributed by atoms with van der Waals surface area (Å²) >= 11 is 0. The molecule has 0 saturated carbocycles. The van der Waals surface area contributed by atoms with Crippen LogP contribution in [0.3, 0.4) is 0 Å². The zero-order valence-corrected chi connectivity index (χ0v) is 10.0. The lowest BCUT2D eigenvalue weighted by atomic mass is 9.99. The maximum absolute atomic E-state index is 12.7. The summed E-state index contributed by atoms with van der Waals surface area (Å²) in [5, 5.41) is 19.6. The Labute approximate surface area is 101 Å². The maximum Gasteiger partial charge on any atom is 0.417 e. The first-order valence-electron chi connectivity index (χ1n) is 4.85. The quantitative estimate of drug-likeness (QED) is 0.625. The molecule has 1 heterocycles. The Morgan fingerprint density at radius 1 is 1.33 bits per heavy atom. The van der Waals surface area contributed by atoms with Crippen molar-refractivity contribution in [1.29, 1.82) is 0 Å². The number of halogens is 3. The molecule has 1 aliphatic heterocycles. The van der Waals surface area contributed by atoms with E-state index in [1.165, 1.54) is 0 Å². The second kappa shape index (κ2) is 4.35. The highest BCUT2D eigenvalue weighted by Crippen LogP contribution is 2.32. The molecule has 3 unspecified atom stereocenters. The number of carboxylic acids is 1. The third kappa shape index (κ3) is 2.75. The Morgan fingerprint density at radius 2 is 1.83 bits per heavy atom. The van der Waals surface area contributed by atoms with Crippen molar-refractivity contribution in [3.05, 3.63) is 0 Å². The Kier molecular flexibility index (Phi) is 3.67. The lowest BCUT2D eigenvalue weighted by molar-refractivity contribution is -0.208. The van der Waals surface area contributed by atoms with E-state index in [1.54, 1.807) is 5.32 Å². The van der Waals surface area contributed by atoms with Crippen LogP contribution >= 0.6 is 0 Å². The number of carboxylic acid groups (broad SMARTS) is 1. The molecule has 0 aromatic rings. The van der Waals surface area contributed by atoms with Crippen LogP contribution in [0.4, 0.5) is 13.2 Å². The second-order valence-electron chi connectivity index (χ2n) is 4.32. The fourth-order valence-corrected chi connectivity index (χ4v) is 3.34. The zero-order valence-electron chi connectivity index (χ0n) is 9.23. The lowest BCUT2D eigenvalue weighted by Crippen LogP contribution is -2.64. The molecular weight excluding hydrogens is 279 g/mol. The number of hydrogen-bond acceptors (Lipinski definition) is 5. The minimum absolute atomic E-state index is 0.382. The van der Waals surface area contributed by atoms with Crippen LogP contribution < -0.4 is 5.32 Å². The molecule has 1 saturated heterocycles. The van der Waals surface area contributed by atoms with Crippen molar-refractivity contribution >= 4 is 15.8 Å². The summed E-state index contributed by atoms with van der Waals surface area (Å²) in [6, 6.07) is -1.46. The van der Waals surface area contributed by atoms with Gasteiger partial charge in [-0.05, 0) is 6.92 Å². The molecule has 0 spiro atoms. The molecule has 18 heavy (non-hydrogen) atoms. The average Bonchev–Trinajstić information content (AvgIpc) is 2.36. The molecule has 106 valence electrons. The van der Waals surface area contributed by atoms with Gasteiger partial charge in [0.05, 0.1) is 17.6 Å². The number of sulfone groups is 1. The van der Waals surface area contributed by atoms with Crippen LogP contribution in [0.5, 0.6) is 0 Å². The van der Waals surface area contributed by atoms with E-state index in [4.69, 9.17) is 5.11 Å². The number of carbonyl (C=O) groups is 1. The van der Waals surface area contributed by atoms with Gasteiger partial charge in [0.2, 0.25) is 5.54 Å². The van der Waals surface area contributed by atoms with E-state index in [2.05, 4.69) is 0 Å². The number of nitrogens with one attached hydrogen (secondary N) is 1. The van der Waals surface area contributed by atoms with E-state index >= 15 is 0 Å². The number of aliphatic carboxylic acids is 1. The molecule has 3 N–H and O–H groups in total. The Balaban J connectivity index is 2.98. The van der Waals surface area contributed by atoms with Gasteiger partial charge in [-0.25, -0.2) is 13.2 Å². The van der Waals surface area contributed by atoms with Gasteiger partial charge in [-0.1, -0.05) is 0 Å². The molecule has 0 aromatic carbocycles. The van der Waals surface area contributed by atoms with Crippen LogP contribution in [0.15, 0.2) is 0 Å². The van der Waals surface area contributed by atoms with Crippen LogP contribution in [-0.4, -0.2) is 60.0 Å². The number of aliphatic hydroxyl groups excluding tert-OH is 1. The molecule has 3 atom stereocenters. The summed E-state index contributed by atoms with van der Waals surface area (Å²) < 4.78 is 60.2. The van der Waals surface area contributed by atoms with Crippen molar-refractivity contribution in [2.75, 3.05) is 11.5 Å². The molecule has 0 radical (unpaired) electrons. The van der Waals surface area contributed by atoms with Gasteiger partial charge in [0.25, 0.3) is 0 Å². The Morgan fingerprint density at radius 3 is 2.11 bits per heavy atom. The van der Waals surface area contributed by atoms with Crippen molar-refractivity contribution in [3.8, 4) is 0 Å². The molecule has 0 aromatic heterocycles. The van der Waals surface area contributed by atoms with E-state index in [9.17, 15) is 31.5 Å². The van der Waals surface area contributed by atoms with E-state index in [0.717, 1.165) is 0 Å². The predicted molar refractivity (Wildman–Crippen MR) is 53.7 cm³/mol. The van der Waals surface area contributed by atoms with Gasteiger partial charge in [0, 0.05) is 6.04 Å². The molecule has 1 rings (SSSR count). The van der Waals surface area contributed by atoms with Gasteiger partial charge < -0.3 is 10.2 Å². The van der Waals surface area contributed by atoms with Gasteiger partial charge in [0.1, 0.15) is 0 Å². The molecule has 0 aliphatic carbocycles. The number of aliphatic hydroxyl groups is 1. The van der Waals surface area contributed by atoms with Crippen molar-refractivity contribution in [1.82, 2.24) is 5.32 Å². The normalized spacial score (nSPS) is 30.9. The van der Waals surface area contributed by atoms with Gasteiger partial charge >= 0.3 is 12.1 Å². The molecule has 10 heteroatoms. The summed E-state index contributed by atoms with van der Waals surface area (Å²) in [6.07, 6.45) is -6.68. The first-order chi connectivity index (χ1) is 7.89. The van der Waals surface area contributed by atoms with E-state index < -0.39 is 51.2 Å². The topological polar surface area (TPSA) is 104 Å². The van der Waals surface area contributed by atoms with Crippen LogP contribution in [0.1, 0.15) is 6.92 Å². The molecule has 0 bridgehead atoms. The second-order valence-corrected chi connectivity index (χ2v) is 6.48. The number of alkyl halides is 3. The monoisotopic (exact) mass is 291 g/mol. The van der Waals surface area contributed by atoms with Gasteiger partial charge in [-0.15, -0.1) is 0 Å². The molecular formula is C8H12F3NO5S. The third-order valence-corrected chi connectivity index (χ3v) is 4.51. The Bertz CT molecular complexity index is 448. The molecule has 1 fully saturated rings. The average molecular weight is 291 g/mol. The van der Waals surface area contributed by atoms with Crippen molar-refractivity contribution in [3.63, 3.8) is 0 Å². The number of rotatable bonds is 3. The third-order valence-electron chi connectivity index (χ3n) is 2.79. The fourth-order valence-electron chi connectivity index (χ4n) is 1.60. The minimum Gasteiger partial charge on any atom is -0.480 e. The Hall–Kier alpha value is -0.870. The summed E-state index contributed by atoms with van der Waals surface area (Å²) in [6.45, 7) is 0.382. The fraction of sp³-hybridized carbons (Fsp3) is 0.875. The van der Waals surface area contributed by atoms with Gasteiger partial charge in [-0.2, -0.15) is 13.2 Å². The van der Waals surface area contributed by atoms with E-state index in [1.807, 2.05) is 0 Å². The lowest BCUT2D eigenvalue weighted by Gasteiger charge is -2.32. The number of hydrogen-bond donors (Lipinski definition) is 3. The van der Waals surface area contributed by atoms with Gasteiger partial charge in [-0.3, -0.25) is 5.32 Å². The van der Waals surface area contributed by atoms with Crippen LogP contribution in [0.2, 0.25) is 0 Å². The summed E-state index contributed by atoms with van der Waals surface area (Å²) in [5.74, 6) is -3.60. The molecule has 0 amide bonds. The summed E-state index contributed by atoms with van der Waals surface area (Å²) in [5.41, 5.74) is -3.31. The molecule has 1 aliphatic rings. The highest BCUT2D eigenvalue weighted by Gasteiger charge is 2.59. The van der Waals surface area contributed by atoms with Gasteiger partial charge in [0.15, 0.2) is 9.84 Å². The van der Waals surface area contributed by atoms with Crippen LogP contribution in [0, 0.1) is 0 Å². The summed E-state index contributed by atoms with van der Waals surface area (Å²) in [4.78, 5) is 10.7. The first kappa shape index (κ1) is 15.2. The smallest absolute Gasteiger partial charge is 0.417 e. The van der Waals surface area contributed by atoms with Crippen molar-refractivity contribution in [2.24, 2.45) is 0 Å². The molecule has 6 nitrogen and oxygen atoms in total.